The van der Waals surface area contributed by atoms with Crippen LogP contribution >= 0.6 is 0 Å². The Bertz CT molecular complexity index is 352. The Hall–Kier alpha value is -1.56. The van der Waals surface area contributed by atoms with Crippen molar-refractivity contribution in [2.75, 3.05) is 26.9 Å². The maximum Gasteiger partial charge on any atom is 0.331 e. The number of nitrogens with one attached hydrogen (secondary N) is 1. The molecule has 1 amide bonds. The highest BCUT2D eigenvalue weighted by Gasteiger charge is 2.31. The van der Waals surface area contributed by atoms with Crippen molar-refractivity contribution in [1.29, 1.82) is 0 Å². The minimum Gasteiger partial charge on any atom is -0.466 e. The summed E-state index contributed by atoms with van der Waals surface area (Å²) in [7, 11) is 1.32. The fraction of sp³-hybridized carbons (Fsp3) is 0.667. The molecule has 2 aliphatic rings. The summed E-state index contributed by atoms with van der Waals surface area (Å²) in [5.41, 5.74) is 0. The molecule has 0 bridgehead atoms. The molecule has 1 heterocycles. The van der Waals surface area contributed by atoms with E-state index in [-0.39, 0.29) is 11.9 Å². The van der Waals surface area contributed by atoms with Gasteiger partial charge in [0.2, 0.25) is 5.91 Å². The third kappa shape index (κ3) is 3.46. The van der Waals surface area contributed by atoms with Gasteiger partial charge in [-0.3, -0.25) is 4.79 Å². The van der Waals surface area contributed by atoms with E-state index in [1.165, 1.54) is 13.2 Å². The van der Waals surface area contributed by atoms with Gasteiger partial charge in [-0.2, -0.15) is 0 Å². The van der Waals surface area contributed by atoms with Gasteiger partial charge in [0.1, 0.15) is 6.04 Å². The molecule has 1 saturated heterocycles. The molecule has 1 saturated carbocycles. The van der Waals surface area contributed by atoms with Gasteiger partial charge in [0, 0.05) is 24.9 Å². The SMILES string of the molecule is COC(=O)/C=C/N1CCOCC1C(=O)NC1CC1. The van der Waals surface area contributed by atoms with Crippen LogP contribution in [0, 0.1) is 0 Å². The van der Waals surface area contributed by atoms with E-state index in [2.05, 4.69) is 10.1 Å². The highest BCUT2D eigenvalue weighted by atomic mass is 16.5. The number of methoxy groups -OCH3 is 1. The van der Waals surface area contributed by atoms with E-state index >= 15 is 0 Å². The largest absolute Gasteiger partial charge is 0.466 e. The molecule has 0 aromatic heterocycles. The van der Waals surface area contributed by atoms with Crippen LogP contribution in [-0.2, 0) is 19.1 Å². The molecule has 0 radical (unpaired) electrons. The van der Waals surface area contributed by atoms with Gasteiger partial charge in [-0.25, -0.2) is 4.79 Å². The first-order chi connectivity index (χ1) is 8.70. The molecule has 0 aromatic carbocycles. The van der Waals surface area contributed by atoms with E-state index in [1.807, 2.05) is 4.90 Å². The van der Waals surface area contributed by atoms with Crippen molar-refractivity contribution in [3.63, 3.8) is 0 Å². The van der Waals surface area contributed by atoms with Gasteiger partial charge >= 0.3 is 5.97 Å². The third-order valence-corrected chi connectivity index (χ3v) is 3.00. The lowest BCUT2D eigenvalue weighted by Gasteiger charge is -2.33. The fourth-order valence-electron chi connectivity index (χ4n) is 1.77. The lowest BCUT2D eigenvalue weighted by molar-refractivity contribution is -0.135. The Morgan fingerprint density at radius 3 is 2.89 bits per heavy atom. The Balaban J connectivity index is 1.93. The predicted octanol–water partition coefficient (Wildman–Crippen LogP) is -0.347. The van der Waals surface area contributed by atoms with Gasteiger partial charge in [0.25, 0.3) is 0 Å². The second-order valence-electron chi connectivity index (χ2n) is 4.45. The Morgan fingerprint density at radius 1 is 1.44 bits per heavy atom. The van der Waals surface area contributed by atoms with Crippen molar-refractivity contribution in [1.82, 2.24) is 10.2 Å². The van der Waals surface area contributed by atoms with Gasteiger partial charge in [0.05, 0.1) is 20.3 Å². The van der Waals surface area contributed by atoms with E-state index in [4.69, 9.17) is 4.74 Å². The van der Waals surface area contributed by atoms with Gasteiger partial charge in [-0.05, 0) is 12.8 Å². The average molecular weight is 254 g/mol. The summed E-state index contributed by atoms with van der Waals surface area (Å²) in [6.07, 6.45) is 5.03. The molecule has 1 atom stereocenters. The lowest BCUT2D eigenvalue weighted by Crippen LogP contribution is -2.52. The number of carbonyl (C=O) groups excluding carboxylic acids is 2. The quantitative estimate of drug-likeness (QED) is 0.549. The van der Waals surface area contributed by atoms with E-state index in [9.17, 15) is 9.59 Å². The number of carbonyl (C=O) groups is 2. The summed E-state index contributed by atoms with van der Waals surface area (Å²) in [6.45, 7) is 1.50. The molecule has 0 spiro atoms. The molecular weight excluding hydrogens is 236 g/mol. The molecule has 1 aliphatic carbocycles. The van der Waals surface area contributed by atoms with Gasteiger partial charge < -0.3 is 19.7 Å². The molecule has 1 N–H and O–H groups in total. The van der Waals surface area contributed by atoms with Crippen LogP contribution in [0.5, 0.6) is 0 Å². The maximum atomic E-state index is 12.0. The van der Waals surface area contributed by atoms with Crippen molar-refractivity contribution < 1.29 is 19.1 Å². The summed E-state index contributed by atoms with van der Waals surface area (Å²) in [5, 5.41) is 2.94. The fourth-order valence-corrected chi connectivity index (χ4v) is 1.77. The zero-order valence-corrected chi connectivity index (χ0v) is 10.4. The number of amides is 1. The summed E-state index contributed by atoms with van der Waals surface area (Å²) < 4.78 is 9.84. The van der Waals surface area contributed by atoms with E-state index in [0.29, 0.717) is 25.8 Å². The molecule has 1 aliphatic heterocycles. The smallest absolute Gasteiger partial charge is 0.331 e. The zero-order valence-electron chi connectivity index (χ0n) is 10.4. The predicted molar refractivity (Wildman–Crippen MR) is 63.6 cm³/mol. The Labute approximate surface area is 106 Å². The van der Waals surface area contributed by atoms with Crippen molar-refractivity contribution in [3.05, 3.63) is 12.3 Å². The maximum absolute atomic E-state index is 12.0. The number of hydrogen-bond acceptors (Lipinski definition) is 5. The molecule has 2 fully saturated rings. The van der Waals surface area contributed by atoms with Crippen LogP contribution in [0.4, 0.5) is 0 Å². The molecule has 1 unspecified atom stereocenters. The summed E-state index contributed by atoms with van der Waals surface area (Å²) >= 11 is 0. The summed E-state index contributed by atoms with van der Waals surface area (Å²) in [5.74, 6) is -0.463. The number of nitrogens with zero attached hydrogens (tertiary/aromatic N) is 1. The molecule has 6 heteroatoms. The van der Waals surface area contributed by atoms with Crippen LogP contribution < -0.4 is 5.32 Å². The van der Waals surface area contributed by atoms with Crippen molar-refractivity contribution in [3.8, 4) is 0 Å². The molecule has 0 aromatic rings. The van der Waals surface area contributed by atoms with E-state index < -0.39 is 5.97 Å². The van der Waals surface area contributed by atoms with Crippen LogP contribution in [0.15, 0.2) is 12.3 Å². The lowest BCUT2D eigenvalue weighted by atomic mass is 10.2. The number of rotatable bonds is 4. The highest BCUT2D eigenvalue weighted by molar-refractivity contribution is 5.84. The second kappa shape index (κ2) is 5.86. The van der Waals surface area contributed by atoms with Crippen LogP contribution in [0.2, 0.25) is 0 Å². The molecule has 2 rings (SSSR count). The summed E-state index contributed by atoms with van der Waals surface area (Å²) in [6, 6.07) is -0.0360. The van der Waals surface area contributed by atoms with Crippen LogP contribution in [0.3, 0.4) is 0 Å². The average Bonchev–Trinajstić information content (AvgIpc) is 3.20. The van der Waals surface area contributed by atoms with Crippen molar-refractivity contribution in [2.24, 2.45) is 0 Å². The normalized spacial score (nSPS) is 24.1. The van der Waals surface area contributed by atoms with Crippen LogP contribution in [-0.4, -0.2) is 55.7 Å². The molecule has 18 heavy (non-hydrogen) atoms. The van der Waals surface area contributed by atoms with Crippen molar-refractivity contribution >= 4 is 11.9 Å². The van der Waals surface area contributed by atoms with Crippen LogP contribution in [0.1, 0.15) is 12.8 Å². The third-order valence-electron chi connectivity index (χ3n) is 3.00. The minimum atomic E-state index is -0.428. The first kappa shape index (κ1) is 12.9. The molecule has 100 valence electrons. The number of ether oxygens (including phenoxy) is 2. The summed E-state index contributed by atoms with van der Waals surface area (Å²) in [4.78, 5) is 24.9. The first-order valence-electron chi connectivity index (χ1n) is 6.10. The Kier molecular flexibility index (Phi) is 4.19. The number of hydrogen-bond donors (Lipinski definition) is 1. The zero-order chi connectivity index (χ0) is 13.0. The van der Waals surface area contributed by atoms with Gasteiger partial charge in [-0.1, -0.05) is 0 Å². The topological polar surface area (TPSA) is 67.9 Å². The highest BCUT2D eigenvalue weighted by Crippen LogP contribution is 2.19. The minimum absolute atomic E-state index is 0.0354. The molecular formula is C12H18N2O4. The first-order valence-corrected chi connectivity index (χ1v) is 6.10. The van der Waals surface area contributed by atoms with Gasteiger partial charge in [-0.15, -0.1) is 0 Å². The van der Waals surface area contributed by atoms with Crippen molar-refractivity contribution in [2.45, 2.75) is 24.9 Å². The Morgan fingerprint density at radius 2 is 2.22 bits per heavy atom. The van der Waals surface area contributed by atoms with Crippen LogP contribution in [0.25, 0.3) is 0 Å². The van der Waals surface area contributed by atoms with E-state index in [0.717, 1.165) is 12.8 Å². The number of esters is 1. The molecule has 6 nitrogen and oxygen atoms in total. The monoisotopic (exact) mass is 254 g/mol. The number of morpholine rings is 1. The van der Waals surface area contributed by atoms with E-state index in [1.54, 1.807) is 6.20 Å². The second-order valence-corrected chi connectivity index (χ2v) is 4.45. The van der Waals surface area contributed by atoms with Gasteiger partial charge in [0.15, 0.2) is 0 Å². The standard InChI is InChI=1S/C12H18N2O4/c1-17-11(15)4-5-14-6-7-18-8-10(14)12(16)13-9-2-3-9/h4-5,9-10H,2-3,6-8H2,1H3,(H,13,16)/b5-4+.